The maximum Gasteiger partial charge on any atom is 0.343 e. The van der Waals surface area contributed by atoms with Crippen molar-refractivity contribution in [2.24, 2.45) is 5.84 Å². The standard InChI is InChI=1S/C12H27N2O4P/c1-4-7-8-9-10-11(12(15)14-13)19(16,17-5-2)18-6-3/h11H,4-10,13H2,1-3H3,(H,14,15)/t11-/m0/s1. The van der Waals surface area contributed by atoms with E-state index in [1.165, 1.54) is 0 Å². The minimum absolute atomic E-state index is 0.237. The summed E-state index contributed by atoms with van der Waals surface area (Å²) in [7, 11) is -3.44. The highest BCUT2D eigenvalue weighted by Gasteiger charge is 2.40. The van der Waals surface area contributed by atoms with Crippen molar-refractivity contribution in [3.8, 4) is 0 Å². The van der Waals surface area contributed by atoms with E-state index in [0.717, 1.165) is 25.7 Å². The number of hydrogen-bond acceptors (Lipinski definition) is 5. The molecule has 0 fully saturated rings. The number of amides is 1. The van der Waals surface area contributed by atoms with Crippen LogP contribution in [0.25, 0.3) is 0 Å². The molecule has 0 aromatic heterocycles. The lowest BCUT2D eigenvalue weighted by Crippen LogP contribution is -2.39. The maximum atomic E-state index is 12.6. The minimum Gasteiger partial charge on any atom is -0.308 e. The number of hydrazine groups is 1. The summed E-state index contributed by atoms with van der Waals surface area (Å²) >= 11 is 0. The lowest BCUT2D eigenvalue weighted by molar-refractivity contribution is -0.121. The Kier molecular flexibility index (Phi) is 10.1. The van der Waals surface area contributed by atoms with Gasteiger partial charge in [0.1, 0.15) is 5.66 Å². The van der Waals surface area contributed by atoms with Gasteiger partial charge in [-0.25, -0.2) is 5.84 Å². The average Bonchev–Trinajstić information content (AvgIpc) is 2.38. The number of nitrogens with two attached hydrogens (primary N) is 1. The fraction of sp³-hybridized carbons (Fsp3) is 0.917. The van der Waals surface area contributed by atoms with Crippen LogP contribution in [0.5, 0.6) is 0 Å². The molecule has 0 spiro atoms. The van der Waals surface area contributed by atoms with E-state index in [-0.39, 0.29) is 13.2 Å². The molecule has 0 saturated heterocycles. The van der Waals surface area contributed by atoms with Crippen LogP contribution in [0.2, 0.25) is 0 Å². The topological polar surface area (TPSA) is 90.7 Å². The van der Waals surface area contributed by atoms with Crippen molar-refractivity contribution in [3.05, 3.63) is 0 Å². The molecule has 0 aromatic carbocycles. The van der Waals surface area contributed by atoms with E-state index in [2.05, 4.69) is 12.3 Å². The minimum atomic E-state index is -3.44. The smallest absolute Gasteiger partial charge is 0.308 e. The molecule has 0 unspecified atom stereocenters. The first-order valence-corrected chi connectivity index (χ1v) is 8.56. The lowest BCUT2D eigenvalue weighted by atomic mass is 10.1. The third-order valence-electron chi connectivity index (χ3n) is 2.78. The number of carbonyl (C=O) groups excluding carboxylic acids is 1. The zero-order chi connectivity index (χ0) is 14.7. The van der Waals surface area contributed by atoms with Gasteiger partial charge in [-0.1, -0.05) is 32.6 Å². The summed E-state index contributed by atoms with van der Waals surface area (Å²) in [6.07, 6.45) is 4.44. The summed E-state index contributed by atoms with van der Waals surface area (Å²) in [5.74, 6) is 4.68. The quantitative estimate of drug-likeness (QED) is 0.201. The molecule has 0 heterocycles. The normalized spacial score (nSPS) is 13.3. The Balaban J connectivity index is 4.77. The van der Waals surface area contributed by atoms with Crippen molar-refractivity contribution >= 4 is 13.5 Å². The summed E-state index contributed by atoms with van der Waals surface area (Å²) in [4.78, 5) is 11.8. The van der Waals surface area contributed by atoms with E-state index in [1.807, 2.05) is 0 Å². The molecule has 7 heteroatoms. The molecule has 0 aliphatic carbocycles. The summed E-state index contributed by atoms with van der Waals surface area (Å²) in [6.45, 7) is 6.02. The van der Waals surface area contributed by atoms with E-state index in [1.54, 1.807) is 13.8 Å². The molecule has 0 saturated carbocycles. The molecule has 19 heavy (non-hydrogen) atoms. The third-order valence-corrected chi connectivity index (χ3v) is 5.27. The number of nitrogens with one attached hydrogen (secondary N) is 1. The van der Waals surface area contributed by atoms with Gasteiger partial charge >= 0.3 is 7.60 Å². The fourth-order valence-corrected chi connectivity index (χ4v) is 3.89. The van der Waals surface area contributed by atoms with Crippen LogP contribution in [-0.4, -0.2) is 24.8 Å². The van der Waals surface area contributed by atoms with E-state index < -0.39 is 19.2 Å². The molecule has 3 N–H and O–H groups in total. The molecule has 0 rings (SSSR count). The number of hydrogen-bond donors (Lipinski definition) is 2. The van der Waals surface area contributed by atoms with Gasteiger partial charge in [0.05, 0.1) is 13.2 Å². The van der Waals surface area contributed by atoms with Gasteiger partial charge < -0.3 is 9.05 Å². The van der Waals surface area contributed by atoms with Crippen LogP contribution >= 0.6 is 7.60 Å². The van der Waals surface area contributed by atoms with Gasteiger partial charge in [-0.15, -0.1) is 0 Å². The molecule has 0 aromatic rings. The molecular formula is C12H27N2O4P. The van der Waals surface area contributed by atoms with Gasteiger partial charge in [-0.05, 0) is 20.3 Å². The molecule has 0 aliphatic rings. The monoisotopic (exact) mass is 294 g/mol. The number of carbonyl (C=O) groups is 1. The van der Waals surface area contributed by atoms with Crippen molar-refractivity contribution in [3.63, 3.8) is 0 Å². The Morgan fingerprint density at radius 2 is 1.74 bits per heavy atom. The average molecular weight is 294 g/mol. The van der Waals surface area contributed by atoms with Crippen molar-refractivity contribution < 1.29 is 18.4 Å². The van der Waals surface area contributed by atoms with Crippen LogP contribution in [0, 0.1) is 0 Å². The lowest BCUT2D eigenvalue weighted by Gasteiger charge is -2.24. The van der Waals surface area contributed by atoms with Crippen molar-refractivity contribution in [1.29, 1.82) is 0 Å². The Morgan fingerprint density at radius 1 is 1.16 bits per heavy atom. The van der Waals surface area contributed by atoms with E-state index >= 15 is 0 Å². The van der Waals surface area contributed by atoms with Gasteiger partial charge in [0.2, 0.25) is 5.91 Å². The predicted molar refractivity (Wildman–Crippen MR) is 75.7 cm³/mol. The van der Waals surface area contributed by atoms with Crippen LogP contribution in [0.15, 0.2) is 0 Å². The fourth-order valence-electron chi connectivity index (χ4n) is 1.87. The summed E-state index contributed by atoms with van der Waals surface area (Å²) in [5.41, 5.74) is 1.23. The molecule has 0 bridgehead atoms. The molecule has 1 amide bonds. The second kappa shape index (κ2) is 10.4. The van der Waals surface area contributed by atoms with E-state index in [0.29, 0.717) is 6.42 Å². The summed E-state index contributed by atoms with van der Waals surface area (Å²) in [5, 5.41) is 0. The van der Waals surface area contributed by atoms with Crippen molar-refractivity contribution in [2.75, 3.05) is 13.2 Å². The molecular weight excluding hydrogens is 267 g/mol. The molecule has 0 aliphatic heterocycles. The second-order valence-electron chi connectivity index (χ2n) is 4.25. The molecule has 1 atom stereocenters. The highest BCUT2D eigenvalue weighted by atomic mass is 31.2. The highest BCUT2D eigenvalue weighted by molar-refractivity contribution is 7.55. The number of unbranched alkanes of at least 4 members (excludes halogenated alkanes) is 3. The predicted octanol–water partition coefficient (Wildman–Crippen LogP) is 2.58. The third kappa shape index (κ3) is 6.52. The maximum absolute atomic E-state index is 12.6. The second-order valence-corrected chi connectivity index (χ2v) is 6.47. The van der Waals surface area contributed by atoms with Gasteiger partial charge in [-0.2, -0.15) is 0 Å². The summed E-state index contributed by atoms with van der Waals surface area (Å²) < 4.78 is 23.1. The Labute approximate surface area is 115 Å². The van der Waals surface area contributed by atoms with Crippen LogP contribution < -0.4 is 11.3 Å². The van der Waals surface area contributed by atoms with Gasteiger partial charge in [-0.3, -0.25) is 14.8 Å². The van der Waals surface area contributed by atoms with Gasteiger partial charge in [0, 0.05) is 0 Å². The first-order valence-electron chi connectivity index (χ1n) is 6.94. The highest BCUT2D eigenvalue weighted by Crippen LogP contribution is 2.54. The largest absolute Gasteiger partial charge is 0.343 e. The molecule has 6 nitrogen and oxygen atoms in total. The van der Waals surface area contributed by atoms with Crippen molar-refractivity contribution in [2.45, 2.75) is 58.5 Å². The first kappa shape index (κ1) is 18.6. The van der Waals surface area contributed by atoms with Gasteiger partial charge in [0.25, 0.3) is 0 Å². The summed E-state index contributed by atoms with van der Waals surface area (Å²) in [6, 6.07) is 0. The number of rotatable bonds is 11. The Bertz CT molecular complexity index is 289. The van der Waals surface area contributed by atoms with E-state index in [9.17, 15) is 9.36 Å². The first-order chi connectivity index (χ1) is 9.05. The SMILES string of the molecule is CCCCCC[C@@H](C(=O)NN)P(=O)(OCC)OCC. The van der Waals surface area contributed by atoms with Gasteiger partial charge in [0.15, 0.2) is 0 Å². The van der Waals surface area contributed by atoms with E-state index in [4.69, 9.17) is 14.9 Å². The Morgan fingerprint density at radius 3 is 2.16 bits per heavy atom. The van der Waals surface area contributed by atoms with Crippen molar-refractivity contribution in [1.82, 2.24) is 5.43 Å². The Hall–Kier alpha value is -0.420. The van der Waals surface area contributed by atoms with Crippen LogP contribution in [0.4, 0.5) is 0 Å². The van der Waals surface area contributed by atoms with Crippen LogP contribution in [-0.2, 0) is 18.4 Å². The zero-order valence-corrected chi connectivity index (χ0v) is 13.1. The molecule has 0 radical (unpaired) electrons. The molecule has 114 valence electrons. The van der Waals surface area contributed by atoms with Crippen LogP contribution in [0.3, 0.4) is 0 Å². The zero-order valence-electron chi connectivity index (χ0n) is 12.2. The van der Waals surface area contributed by atoms with Crippen LogP contribution in [0.1, 0.15) is 52.9 Å².